The van der Waals surface area contributed by atoms with Crippen molar-refractivity contribution in [2.45, 2.75) is 26.2 Å². The van der Waals surface area contributed by atoms with Crippen molar-refractivity contribution in [2.75, 3.05) is 23.7 Å². The summed E-state index contributed by atoms with van der Waals surface area (Å²) in [5.74, 6) is 2.18. The minimum atomic E-state index is 0.246. The molecule has 0 aliphatic carbocycles. The van der Waals surface area contributed by atoms with Crippen molar-refractivity contribution >= 4 is 11.9 Å². The van der Waals surface area contributed by atoms with Gasteiger partial charge in [-0.25, -0.2) is 4.98 Å². The van der Waals surface area contributed by atoms with E-state index in [1.54, 1.807) is 23.3 Å². The van der Waals surface area contributed by atoms with Crippen molar-refractivity contribution in [1.82, 2.24) is 24.5 Å². The third-order valence-corrected chi connectivity index (χ3v) is 3.66. The first kappa shape index (κ1) is 12.8. The number of imidazole rings is 1. The van der Waals surface area contributed by atoms with Gasteiger partial charge in [-0.15, -0.1) is 0 Å². The molecule has 2 aromatic rings. The summed E-state index contributed by atoms with van der Waals surface area (Å²) < 4.78 is 1.74. The minimum Gasteiger partial charge on any atom is -0.368 e. The monoisotopic (exact) mass is 273 g/mol. The summed E-state index contributed by atoms with van der Waals surface area (Å²) in [6.45, 7) is 4.23. The fourth-order valence-electron chi connectivity index (χ4n) is 2.47. The third kappa shape index (κ3) is 2.71. The van der Waals surface area contributed by atoms with Crippen LogP contribution >= 0.6 is 0 Å². The van der Waals surface area contributed by atoms with Gasteiger partial charge in [0.05, 0.1) is 0 Å². The van der Waals surface area contributed by atoms with Gasteiger partial charge in [-0.05, 0) is 25.2 Å². The Morgan fingerprint density at radius 3 is 2.80 bits per heavy atom. The number of hydrogen-bond acceptors (Lipinski definition) is 6. The second kappa shape index (κ2) is 5.44. The molecule has 1 aliphatic rings. The quantitative estimate of drug-likeness (QED) is 0.886. The first-order valence-corrected chi connectivity index (χ1v) is 6.97. The summed E-state index contributed by atoms with van der Waals surface area (Å²) in [4.78, 5) is 19.2. The Labute approximate surface area is 117 Å². The summed E-state index contributed by atoms with van der Waals surface area (Å²) in [7, 11) is 0. The van der Waals surface area contributed by atoms with Crippen molar-refractivity contribution in [3.05, 3.63) is 18.7 Å². The predicted molar refractivity (Wildman–Crippen MR) is 76.6 cm³/mol. The smallest absolute Gasteiger partial charge is 0.241 e. The van der Waals surface area contributed by atoms with Crippen LogP contribution < -0.4 is 10.6 Å². The molecule has 2 N–H and O–H groups in total. The van der Waals surface area contributed by atoms with Gasteiger partial charge in [-0.1, -0.05) is 6.92 Å². The number of rotatable bonds is 2. The number of nitrogens with zero attached hydrogens (tertiary/aromatic N) is 6. The van der Waals surface area contributed by atoms with E-state index in [1.807, 2.05) is 0 Å². The Morgan fingerprint density at radius 1 is 1.15 bits per heavy atom. The predicted octanol–water partition coefficient (Wildman–Crippen LogP) is 1.27. The van der Waals surface area contributed by atoms with E-state index in [4.69, 9.17) is 5.73 Å². The second-order valence-electron chi connectivity index (χ2n) is 5.29. The van der Waals surface area contributed by atoms with Gasteiger partial charge >= 0.3 is 0 Å². The van der Waals surface area contributed by atoms with E-state index >= 15 is 0 Å². The van der Waals surface area contributed by atoms with E-state index in [9.17, 15) is 0 Å². The fraction of sp³-hybridized carbons (Fsp3) is 0.538. The van der Waals surface area contributed by atoms with Crippen LogP contribution in [0.3, 0.4) is 0 Å². The molecule has 1 atom stereocenters. The van der Waals surface area contributed by atoms with E-state index in [2.05, 4.69) is 31.8 Å². The normalized spacial score (nSPS) is 19.9. The highest BCUT2D eigenvalue weighted by Crippen LogP contribution is 2.20. The molecule has 0 aromatic carbocycles. The molecule has 0 bridgehead atoms. The lowest BCUT2D eigenvalue weighted by molar-refractivity contribution is 0.521. The van der Waals surface area contributed by atoms with E-state index in [1.165, 1.54) is 6.42 Å². The van der Waals surface area contributed by atoms with Crippen LogP contribution in [0, 0.1) is 5.92 Å². The maximum atomic E-state index is 5.82. The SMILES string of the molecule is CC1CCCN(c2nc(N)nc(-n3ccnc3)n2)CC1. The largest absolute Gasteiger partial charge is 0.368 e. The highest BCUT2D eigenvalue weighted by atomic mass is 15.3. The van der Waals surface area contributed by atoms with Crippen LogP contribution in [0.2, 0.25) is 0 Å². The summed E-state index contributed by atoms with van der Waals surface area (Å²) in [6, 6.07) is 0. The molecule has 0 spiro atoms. The number of aromatic nitrogens is 5. The van der Waals surface area contributed by atoms with Crippen molar-refractivity contribution in [3.8, 4) is 5.95 Å². The lowest BCUT2D eigenvalue weighted by Crippen LogP contribution is -2.27. The number of anilines is 2. The van der Waals surface area contributed by atoms with E-state index in [-0.39, 0.29) is 5.95 Å². The van der Waals surface area contributed by atoms with Crippen LogP contribution in [-0.2, 0) is 0 Å². The Hall–Kier alpha value is -2.18. The van der Waals surface area contributed by atoms with Gasteiger partial charge in [-0.2, -0.15) is 15.0 Å². The van der Waals surface area contributed by atoms with Crippen LogP contribution in [-0.4, -0.2) is 37.6 Å². The molecule has 7 nitrogen and oxygen atoms in total. The lowest BCUT2D eigenvalue weighted by atomic mass is 10.0. The molecule has 3 rings (SSSR count). The number of nitrogen functional groups attached to an aromatic ring is 1. The van der Waals surface area contributed by atoms with Gasteiger partial charge in [0, 0.05) is 25.5 Å². The van der Waals surface area contributed by atoms with Crippen molar-refractivity contribution in [1.29, 1.82) is 0 Å². The van der Waals surface area contributed by atoms with E-state index < -0.39 is 0 Å². The molecule has 0 saturated carbocycles. The van der Waals surface area contributed by atoms with Crippen LogP contribution in [0.15, 0.2) is 18.7 Å². The molecule has 0 amide bonds. The van der Waals surface area contributed by atoms with Crippen molar-refractivity contribution < 1.29 is 0 Å². The summed E-state index contributed by atoms with van der Waals surface area (Å²) in [5.41, 5.74) is 5.82. The molecular formula is C13H19N7. The van der Waals surface area contributed by atoms with Crippen LogP contribution in [0.5, 0.6) is 0 Å². The summed E-state index contributed by atoms with van der Waals surface area (Å²) in [6.07, 6.45) is 8.71. The molecule has 1 saturated heterocycles. The summed E-state index contributed by atoms with van der Waals surface area (Å²) >= 11 is 0. The third-order valence-electron chi connectivity index (χ3n) is 3.66. The van der Waals surface area contributed by atoms with Gasteiger partial charge in [0.2, 0.25) is 17.8 Å². The Morgan fingerprint density at radius 2 is 2.00 bits per heavy atom. The lowest BCUT2D eigenvalue weighted by Gasteiger charge is -2.20. The molecule has 1 aliphatic heterocycles. The van der Waals surface area contributed by atoms with Crippen molar-refractivity contribution in [2.24, 2.45) is 5.92 Å². The topological polar surface area (TPSA) is 85.8 Å². The molecule has 20 heavy (non-hydrogen) atoms. The maximum Gasteiger partial charge on any atom is 0.241 e. The first-order chi connectivity index (χ1) is 9.72. The first-order valence-electron chi connectivity index (χ1n) is 6.97. The van der Waals surface area contributed by atoms with Gasteiger partial charge in [0.1, 0.15) is 6.33 Å². The zero-order valence-corrected chi connectivity index (χ0v) is 11.6. The van der Waals surface area contributed by atoms with Gasteiger partial charge in [0.25, 0.3) is 0 Å². The molecule has 1 unspecified atom stereocenters. The molecule has 0 radical (unpaired) electrons. The minimum absolute atomic E-state index is 0.246. The molecule has 106 valence electrons. The van der Waals surface area contributed by atoms with Crippen LogP contribution in [0.25, 0.3) is 5.95 Å². The van der Waals surface area contributed by atoms with Gasteiger partial charge in [0.15, 0.2) is 0 Å². The van der Waals surface area contributed by atoms with E-state index in [0.717, 1.165) is 31.8 Å². The Balaban J connectivity index is 1.89. The Bertz CT molecular complexity index is 566. The fourth-order valence-corrected chi connectivity index (χ4v) is 2.47. The highest BCUT2D eigenvalue weighted by molar-refractivity contribution is 5.38. The molecule has 3 heterocycles. The molecular weight excluding hydrogens is 254 g/mol. The van der Waals surface area contributed by atoms with Crippen molar-refractivity contribution in [3.63, 3.8) is 0 Å². The van der Waals surface area contributed by atoms with Crippen LogP contribution in [0.4, 0.5) is 11.9 Å². The van der Waals surface area contributed by atoms with Gasteiger partial charge in [-0.3, -0.25) is 4.57 Å². The standard InChI is InChI=1S/C13H19N7/c1-10-3-2-6-19(7-4-10)12-16-11(14)17-13(18-12)20-8-5-15-9-20/h5,8-10H,2-4,6-7H2,1H3,(H2,14,16,17,18). The molecule has 1 fully saturated rings. The maximum absolute atomic E-state index is 5.82. The molecule has 7 heteroatoms. The zero-order chi connectivity index (χ0) is 13.9. The second-order valence-corrected chi connectivity index (χ2v) is 5.29. The zero-order valence-electron chi connectivity index (χ0n) is 11.6. The Kier molecular flexibility index (Phi) is 3.49. The summed E-state index contributed by atoms with van der Waals surface area (Å²) in [5, 5.41) is 0. The van der Waals surface area contributed by atoms with E-state index in [0.29, 0.717) is 11.9 Å². The molecule has 2 aromatic heterocycles. The average molecular weight is 273 g/mol. The average Bonchev–Trinajstić information content (AvgIpc) is 2.88. The van der Waals surface area contributed by atoms with Gasteiger partial charge < -0.3 is 10.6 Å². The highest BCUT2D eigenvalue weighted by Gasteiger charge is 2.17. The number of hydrogen-bond donors (Lipinski definition) is 1. The number of nitrogens with two attached hydrogens (primary N) is 1. The van der Waals surface area contributed by atoms with Crippen LogP contribution in [0.1, 0.15) is 26.2 Å².